The molecule has 5 nitrogen and oxygen atoms in total. The number of hydrogen-bond donors (Lipinski definition) is 0. The molecule has 0 radical (unpaired) electrons. The van der Waals surface area contributed by atoms with Gasteiger partial charge in [-0.1, -0.05) is 11.6 Å². The Morgan fingerprint density at radius 2 is 1.96 bits per heavy atom. The molecule has 0 unspecified atom stereocenters. The maximum absolute atomic E-state index is 12.1. The summed E-state index contributed by atoms with van der Waals surface area (Å²) in [6.07, 6.45) is 2.82. The van der Waals surface area contributed by atoms with Gasteiger partial charge >= 0.3 is 0 Å². The summed E-state index contributed by atoms with van der Waals surface area (Å²) in [6, 6.07) is 6.00. The molecule has 1 aromatic rings. The first-order valence-electron chi connectivity index (χ1n) is 7.40. The molecule has 1 aromatic carbocycles. The Morgan fingerprint density at radius 3 is 2.54 bits per heavy atom. The molecule has 0 saturated carbocycles. The van der Waals surface area contributed by atoms with Crippen LogP contribution < -0.4 is 4.90 Å². The second kappa shape index (κ2) is 7.45. The molecule has 1 aliphatic carbocycles. The van der Waals surface area contributed by atoms with E-state index in [0.29, 0.717) is 11.3 Å². The molecular weight excluding hydrogens is 326 g/mol. The van der Waals surface area contributed by atoms with Gasteiger partial charge in [-0.15, -0.1) is 0 Å². The van der Waals surface area contributed by atoms with Crippen molar-refractivity contribution in [2.75, 3.05) is 26.1 Å². The van der Waals surface area contributed by atoms with Gasteiger partial charge in [-0.2, -0.15) is 0 Å². The van der Waals surface area contributed by atoms with Crippen molar-refractivity contribution in [3.8, 4) is 0 Å². The number of aliphatic imine (C=N–C) groups is 2. The van der Waals surface area contributed by atoms with Crippen LogP contribution in [0.25, 0.3) is 0 Å². The molecule has 0 fully saturated rings. The van der Waals surface area contributed by atoms with Crippen LogP contribution in [0.5, 0.6) is 0 Å². The van der Waals surface area contributed by atoms with Crippen molar-refractivity contribution < 1.29 is 9.53 Å². The zero-order chi connectivity index (χ0) is 17.9. The van der Waals surface area contributed by atoms with Gasteiger partial charge < -0.3 is 9.64 Å². The summed E-state index contributed by atoms with van der Waals surface area (Å²) in [4.78, 5) is 22.8. The lowest BCUT2D eigenvalue weighted by Crippen LogP contribution is -2.15. The number of halogens is 1. The fraction of sp³-hybridized carbons (Fsp3) is 0.278. The lowest BCUT2D eigenvalue weighted by molar-refractivity contribution is -0.111. The molecule has 0 saturated heterocycles. The van der Waals surface area contributed by atoms with Gasteiger partial charge in [0.05, 0.1) is 23.5 Å². The van der Waals surface area contributed by atoms with Gasteiger partial charge in [0.2, 0.25) is 5.78 Å². The van der Waals surface area contributed by atoms with Crippen LogP contribution in [0, 0.1) is 6.92 Å². The van der Waals surface area contributed by atoms with E-state index in [0.717, 1.165) is 16.9 Å². The number of allylic oxidation sites excluding steroid dienone is 3. The molecule has 0 spiro atoms. The number of rotatable bonds is 4. The minimum absolute atomic E-state index is 0.127. The van der Waals surface area contributed by atoms with Gasteiger partial charge in [0, 0.05) is 19.8 Å². The van der Waals surface area contributed by atoms with E-state index in [1.165, 1.54) is 13.5 Å². The molecule has 0 amide bonds. The molecule has 0 N–H and O–H groups in total. The first kappa shape index (κ1) is 17.9. The first-order valence-corrected chi connectivity index (χ1v) is 7.78. The number of nitrogens with zero attached hydrogens (tertiary/aromatic N) is 3. The number of ether oxygens (including phenoxy) is 1. The fourth-order valence-electron chi connectivity index (χ4n) is 2.19. The third kappa shape index (κ3) is 3.74. The molecule has 6 heteroatoms. The van der Waals surface area contributed by atoms with E-state index < -0.39 is 0 Å². The average molecular weight is 346 g/mol. The zero-order valence-corrected chi connectivity index (χ0v) is 15.2. The zero-order valence-electron chi connectivity index (χ0n) is 14.4. The van der Waals surface area contributed by atoms with Crippen LogP contribution in [0.4, 0.5) is 11.4 Å². The third-order valence-corrected chi connectivity index (χ3v) is 4.11. The number of carbonyl (C=O) groups is 1. The van der Waals surface area contributed by atoms with Crippen molar-refractivity contribution in [1.82, 2.24) is 0 Å². The quantitative estimate of drug-likeness (QED) is 0.474. The summed E-state index contributed by atoms with van der Waals surface area (Å²) in [5.41, 5.74) is 4.40. The maximum Gasteiger partial charge on any atom is 0.223 e. The highest BCUT2D eigenvalue weighted by Gasteiger charge is 2.23. The molecule has 24 heavy (non-hydrogen) atoms. The Morgan fingerprint density at radius 1 is 1.25 bits per heavy atom. The minimum Gasteiger partial charge on any atom is -0.486 e. The summed E-state index contributed by atoms with van der Waals surface area (Å²) < 4.78 is 4.77. The van der Waals surface area contributed by atoms with Gasteiger partial charge in [-0.05, 0) is 49.3 Å². The summed E-state index contributed by atoms with van der Waals surface area (Å²) in [5, 5.41) is 0.127. The molecule has 2 rings (SSSR count). The third-order valence-electron chi connectivity index (χ3n) is 3.65. The lowest BCUT2D eigenvalue weighted by Gasteiger charge is -2.15. The van der Waals surface area contributed by atoms with E-state index in [9.17, 15) is 4.79 Å². The van der Waals surface area contributed by atoms with Crippen molar-refractivity contribution in [1.29, 1.82) is 0 Å². The van der Waals surface area contributed by atoms with E-state index >= 15 is 0 Å². The van der Waals surface area contributed by atoms with Crippen molar-refractivity contribution in [3.05, 3.63) is 46.1 Å². The van der Waals surface area contributed by atoms with E-state index in [4.69, 9.17) is 16.3 Å². The second-order valence-electron chi connectivity index (χ2n) is 5.63. The number of aryl methyl sites for hydroxylation is 1. The van der Waals surface area contributed by atoms with Crippen LogP contribution in [-0.2, 0) is 9.53 Å². The average Bonchev–Trinajstić information content (AvgIpc) is 2.55. The topological polar surface area (TPSA) is 54.3 Å². The van der Waals surface area contributed by atoms with E-state index in [-0.39, 0.29) is 16.5 Å². The highest BCUT2D eigenvalue weighted by atomic mass is 35.5. The van der Waals surface area contributed by atoms with Crippen LogP contribution in [0.15, 0.2) is 50.6 Å². The Bertz CT molecular complexity index is 789. The second-order valence-corrected chi connectivity index (χ2v) is 6.01. The number of ketones is 1. The maximum atomic E-state index is 12.1. The number of anilines is 1. The van der Waals surface area contributed by atoms with Gasteiger partial charge in [-0.25, -0.2) is 9.98 Å². The normalized spacial score (nSPS) is 16.8. The highest BCUT2D eigenvalue weighted by molar-refractivity contribution is 6.49. The Kier molecular flexibility index (Phi) is 5.57. The summed E-state index contributed by atoms with van der Waals surface area (Å²) in [5.74, 6) is -0.332. The molecule has 0 aromatic heterocycles. The Hall–Kier alpha value is -2.40. The molecule has 0 heterocycles. The number of hydrogen-bond acceptors (Lipinski definition) is 5. The number of methoxy groups -OCH3 is 1. The van der Waals surface area contributed by atoms with Crippen molar-refractivity contribution in [2.24, 2.45) is 9.98 Å². The Labute approximate surface area is 147 Å². The van der Waals surface area contributed by atoms with Gasteiger partial charge in [-0.3, -0.25) is 4.79 Å². The summed E-state index contributed by atoms with van der Waals surface area (Å²) in [6.45, 7) is 3.77. The van der Waals surface area contributed by atoms with Crippen LogP contribution in [0.3, 0.4) is 0 Å². The van der Waals surface area contributed by atoms with Crippen molar-refractivity contribution >= 4 is 40.9 Å². The van der Waals surface area contributed by atoms with Crippen LogP contribution in [0.2, 0.25) is 0 Å². The Balaban J connectivity index is 2.48. The fourth-order valence-corrected chi connectivity index (χ4v) is 2.39. The molecule has 126 valence electrons. The van der Waals surface area contributed by atoms with Crippen LogP contribution >= 0.6 is 11.6 Å². The SMILES string of the molecule is CO/C=N/C1=CC(=Nc2ccc(N(C)C)cc2C)C(C)=C(Cl)C1=O. The predicted octanol–water partition coefficient (Wildman–Crippen LogP) is 3.79. The van der Waals surface area contributed by atoms with Crippen molar-refractivity contribution in [3.63, 3.8) is 0 Å². The molecule has 1 aliphatic rings. The smallest absolute Gasteiger partial charge is 0.223 e. The van der Waals surface area contributed by atoms with Crippen molar-refractivity contribution in [2.45, 2.75) is 13.8 Å². The first-order chi connectivity index (χ1) is 11.3. The molecule has 0 atom stereocenters. The summed E-state index contributed by atoms with van der Waals surface area (Å²) in [7, 11) is 5.44. The van der Waals surface area contributed by atoms with Gasteiger partial charge in [0.15, 0.2) is 6.40 Å². The van der Waals surface area contributed by atoms with Crippen LogP contribution in [-0.4, -0.2) is 39.1 Å². The largest absolute Gasteiger partial charge is 0.486 e. The molecular formula is C18H20ClN3O2. The summed E-state index contributed by atoms with van der Waals surface area (Å²) >= 11 is 6.15. The lowest BCUT2D eigenvalue weighted by atomic mass is 10.0. The molecule has 0 bridgehead atoms. The van der Waals surface area contributed by atoms with E-state index in [1.807, 2.05) is 38.1 Å². The van der Waals surface area contributed by atoms with Crippen LogP contribution in [0.1, 0.15) is 12.5 Å². The predicted molar refractivity (Wildman–Crippen MR) is 99.7 cm³/mol. The van der Waals surface area contributed by atoms with Gasteiger partial charge in [0.1, 0.15) is 5.70 Å². The number of Topliss-reactive ketones (excluding diaryl/α,β-unsaturated/α-hetero) is 1. The monoisotopic (exact) mass is 345 g/mol. The standard InChI is InChI=1S/C18H20ClN3O2/c1-11-8-13(22(3)4)6-7-14(11)21-15-9-16(20-10-24-5)18(23)17(19)12(15)2/h6-10H,1-5H3/b20-10+,21-15?. The van der Waals surface area contributed by atoms with Gasteiger partial charge in [0.25, 0.3) is 0 Å². The highest BCUT2D eigenvalue weighted by Crippen LogP contribution is 2.28. The molecule has 0 aliphatic heterocycles. The minimum atomic E-state index is -0.332. The number of benzene rings is 1. The van der Waals surface area contributed by atoms with E-state index in [2.05, 4.69) is 16.1 Å². The number of carbonyl (C=O) groups excluding carboxylic acids is 1. The van der Waals surface area contributed by atoms with E-state index in [1.54, 1.807) is 13.0 Å².